The number of nitrogens with one attached hydrogen (secondary N) is 1. The minimum Gasteiger partial charge on any atom is -0.492 e. The third-order valence-corrected chi connectivity index (χ3v) is 4.10. The standard InChI is InChI=1S/C18H28N2O2/c1-5-9-20(11-13(2)3)14-10-16-15(18(21)19-4)7-6-8-17(16)22-12-14/h6-8,13-14H,5,9-12H2,1-4H3,(H,19,21)/t14-/m1/s1. The average Bonchev–Trinajstić information content (AvgIpc) is 2.52. The molecule has 4 nitrogen and oxygen atoms in total. The van der Waals surface area contributed by atoms with E-state index in [0.29, 0.717) is 18.6 Å². The first-order chi connectivity index (χ1) is 10.6. The van der Waals surface area contributed by atoms with Crippen molar-refractivity contribution in [2.75, 3.05) is 26.7 Å². The monoisotopic (exact) mass is 304 g/mol. The van der Waals surface area contributed by atoms with Crippen molar-refractivity contribution >= 4 is 5.91 Å². The van der Waals surface area contributed by atoms with Crippen molar-refractivity contribution in [3.05, 3.63) is 29.3 Å². The number of rotatable bonds is 6. The van der Waals surface area contributed by atoms with E-state index in [1.807, 2.05) is 18.2 Å². The Labute approximate surface area is 133 Å². The molecular formula is C18H28N2O2. The number of benzene rings is 1. The van der Waals surface area contributed by atoms with Gasteiger partial charge in [-0.25, -0.2) is 0 Å². The van der Waals surface area contributed by atoms with E-state index in [1.54, 1.807) is 7.05 Å². The highest BCUT2D eigenvalue weighted by Gasteiger charge is 2.28. The van der Waals surface area contributed by atoms with Gasteiger partial charge in [0, 0.05) is 30.8 Å². The van der Waals surface area contributed by atoms with Gasteiger partial charge < -0.3 is 10.1 Å². The summed E-state index contributed by atoms with van der Waals surface area (Å²) >= 11 is 0. The minimum absolute atomic E-state index is 0.0352. The van der Waals surface area contributed by atoms with E-state index in [2.05, 4.69) is 31.0 Å². The normalized spacial score (nSPS) is 17.3. The maximum absolute atomic E-state index is 12.1. The molecule has 1 atom stereocenters. The van der Waals surface area contributed by atoms with Gasteiger partial charge in [-0.05, 0) is 37.4 Å². The van der Waals surface area contributed by atoms with Crippen LogP contribution in [0.5, 0.6) is 5.75 Å². The Kier molecular flexibility index (Phi) is 5.83. The highest BCUT2D eigenvalue weighted by atomic mass is 16.5. The summed E-state index contributed by atoms with van der Waals surface area (Å²) in [6.45, 7) is 9.55. The van der Waals surface area contributed by atoms with Gasteiger partial charge in [0.05, 0.1) is 0 Å². The number of ether oxygens (including phenoxy) is 1. The Morgan fingerprint density at radius 2 is 2.23 bits per heavy atom. The Balaban J connectivity index is 2.23. The molecule has 122 valence electrons. The van der Waals surface area contributed by atoms with Crippen molar-refractivity contribution in [1.29, 1.82) is 0 Å². The molecule has 1 aromatic rings. The largest absolute Gasteiger partial charge is 0.492 e. The molecule has 1 aromatic carbocycles. The summed E-state index contributed by atoms with van der Waals surface area (Å²) in [7, 11) is 1.67. The molecule has 1 aliphatic rings. The zero-order valence-corrected chi connectivity index (χ0v) is 14.2. The fourth-order valence-electron chi connectivity index (χ4n) is 3.15. The number of hydrogen-bond donors (Lipinski definition) is 1. The average molecular weight is 304 g/mol. The number of carbonyl (C=O) groups excluding carboxylic acids is 1. The van der Waals surface area contributed by atoms with E-state index in [1.165, 1.54) is 0 Å². The maximum Gasteiger partial charge on any atom is 0.251 e. The van der Waals surface area contributed by atoms with Crippen LogP contribution in [0.3, 0.4) is 0 Å². The first kappa shape index (κ1) is 16.8. The van der Waals surface area contributed by atoms with Gasteiger partial charge in [0.1, 0.15) is 12.4 Å². The molecular weight excluding hydrogens is 276 g/mol. The summed E-state index contributed by atoms with van der Waals surface area (Å²) in [6.07, 6.45) is 2.01. The van der Waals surface area contributed by atoms with Gasteiger partial charge in [-0.15, -0.1) is 0 Å². The molecule has 0 fully saturated rings. The molecule has 0 bridgehead atoms. The third-order valence-electron chi connectivity index (χ3n) is 4.10. The van der Waals surface area contributed by atoms with Crippen LogP contribution >= 0.6 is 0 Å². The second kappa shape index (κ2) is 7.63. The van der Waals surface area contributed by atoms with Crippen LogP contribution in [0.4, 0.5) is 0 Å². The number of fused-ring (bicyclic) bond motifs is 1. The molecule has 4 heteroatoms. The first-order valence-electron chi connectivity index (χ1n) is 8.27. The molecule has 22 heavy (non-hydrogen) atoms. The molecule has 0 saturated heterocycles. The molecule has 1 heterocycles. The molecule has 1 aliphatic heterocycles. The summed E-state index contributed by atoms with van der Waals surface area (Å²) in [5.74, 6) is 1.45. The Hall–Kier alpha value is -1.55. The molecule has 0 unspecified atom stereocenters. The van der Waals surface area contributed by atoms with Crippen LogP contribution in [0, 0.1) is 5.92 Å². The van der Waals surface area contributed by atoms with Gasteiger partial charge in [-0.3, -0.25) is 9.69 Å². The summed E-state index contributed by atoms with van der Waals surface area (Å²) in [5, 5.41) is 2.72. The quantitative estimate of drug-likeness (QED) is 0.878. The SMILES string of the molecule is CCCN(CC(C)C)[C@H]1COc2cccc(C(=O)NC)c2C1. The Morgan fingerprint density at radius 1 is 1.45 bits per heavy atom. The summed E-state index contributed by atoms with van der Waals surface area (Å²) < 4.78 is 5.96. The van der Waals surface area contributed by atoms with Crippen molar-refractivity contribution in [3.63, 3.8) is 0 Å². The fraction of sp³-hybridized carbons (Fsp3) is 0.611. The lowest BCUT2D eigenvalue weighted by Crippen LogP contribution is -2.45. The fourth-order valence-corrected chi connectivity index (χ4v) is 3.15. The van der Waals surface area contributed by atoms with Crippen LogP contribution in [0.2, 0.25) is 0 Å². The predicted octanol–water partition coefficient (Wildman–Crippen LogP) is 2.72. The maximum atomic E-state index is 12.1. The molecule has 1 amide bonds. The second-order valence-corrected chi connectivity index (χ2v) is 6.42. The van der Waals surface area contributed by atoms with Crippen molar-refractivity contribution in [2.24, 2.45) is 5.92 Å². The van der Waals surface area contributed by atoms with Crippen molar-refractivity contribution in [1.82, 2.24) is 10.2 Å². The van der Waals surface area contributed by atoms with Crippen molar-refractivity contribution in [3.8, 4) is 5.75 Å². The van der Waals surface area contributed by atoms with Gasteiger partial charge in [-0.1, -0.05) is 26.8 Å². The molecule has 2 rings (SSSR count). The minimum atomic E-state index is -0.0352. The summed E-state index contributed by atoms with van der Waals surface area (Å²) in [5.41, 5.74) is 1.79. The Morgan fingerprint density at radius 3 is 2.86 bits per heavy atom. The van der Waals surface area contributed by atoms with E-state index in [4.69, 9.17) is 4.74 Å². The van der Waals surface area contributed by atoms with E-state index in [0.717, 1.165) is 42.8 Å². The van der Waals surface area contributed by atoms with Crippen molar-refractivity contribution in [2.45, 2.75) is 39.7 Å². The summed E-state index contributed by atoms with van der Waals surface area (Å²) in [6, 6.07) is 6.09. The zero-order chi connectivity index (χ0) is 16.1. The van der Waals surface area contributed by atoms with Crippen LogP contribution in [0.15, 0.2) is 18.2 Å². The smallest absolute Gasteiger partial charge is 0.251 e. The number of amides is 1. The number of carbonyl (C=O) groups is 1. The lowest BCUT2D eigenvalue weighted by atomic mass is 9.95. The van der Waals surface area contributed by atoms with Crippen LogP contribution in [-0.2, 0) is 6.42 Å². The van der Waals surface area contributed by atoms with E-state index >= 15 is 0 Å². The number of hydrogen-bond acceptors (Lipinski definition) is 3. The molecule has 0 aliphatic carbocycles. The number of nitrogens with zero attached hydrogens (tertiary/aromatic N) is 1. The van der Waals surface area contributed by atoms with Gasteiger partial charge in [0.2, 0.25) is 0 Å². The van der Waals surface area contributed by atoms with Crippen LogP contribution in [-0.4, -0.2) is 43.6 Å². The lowest BCUT2D eigenvalue weighted by molar-refractivity contribution is 0.0945. The topological polar surface area (TPSA) is 41.6 Å². The van der Waals surface area contributed by atoms with Crippen LogP contribution < -0.4 is 10.1 Å². The molecule has 0 spiro atoms. The molecule has 0 radical (unpaired) electrons. The zero-order valence-electron chi connectivity index (χ0n) is 14.2. The van der Waals surface area contributed by atoms with E-state index in [-0.39, 0.29) is 5.91 Å². The molecule has 0 aromatic heterocycles. The van der Waals surface area contributed by atoms with E-state index < -0.39 is 0 Å². The van der Waals surface area contributed by atoms with Gasteiger partial charge in [-0.2, -0.15) is 0 Å². The van der Waals surface area contributed by atoms with E-state index in [9.17, 15) is 4.79 Å². The van der Waals surface area contributed by atoms with Crippen LogP contribution in [0.1, 0.15) is 43.1 Å². The highest BCUT2D eigenvalue weighted by Crippen LogP contribution is 2.30. The predicted molar refractivity (Wildman–Crippen MR) is 89.5 cm³/mol. The van der Waals surface area contributed by atoms with Gasteiger partial charge in [0.15, 0.2) is 0 Å². The molecule has 0 saturated carbocycles. The van der Waals surface area contributed by atoms with Gasteiger partial charge >= 0.3 is 0 Å². The first-order valence-corrected chi connectivity index (χ1v) is 8.27. The third kappa shape index (κ3) is 3.80. The highest BCUT2D eigenvalue weighted by molar-refractivity contribution is 5.96. The lowest BCUT2D eigenvalue weighted by Gasteiger charge is -2.36. The van der Waals surface area contributed by atoms with Crippen molar-refractivity contribution < 1.29 is 9.53 Å². The van der Waals surface area contributed by atoms with Crippen LogP contribution in [0.25, 0.3) is 0 Å². The molecule has 1 N–H and O–H groups in total. The summed E-state index contributed by atoms with van der Waals surface area (Å²) in [4.78, 5) is 14.6. The Bertz CT molecular complexity index is 514. The van der Waals surface area contributed by atoms with Gasteiger partial charge in [0.25, 0.3) is 5.91 Å². The second-order valence-electron chi connectivity index (χ2n) is 6.42.